The van der Waals surface area contributed by atoms with Gasteiger partial charge in [0.05, 0.1) is 23.1 Å². The molecule has 0 aliphatic carbocycles. The number of halogens is 1. The number of para-hydroxylation sites is 2. The molecule has 0 atom stereocenters. The number of fused-ring (bicyclic) bond motifs is 1. The number of nitrogens with zero attached hydrogens (tertiary/aromatic N) is 4. The smallest absolute Gasteiger partial charge is 1.00 e. The molecule has 0 saturated carbocycles. The van der Waals surface area contributed by atoms with Gasteiger partial charge in [0, 0.05) is 19.6 Å². The van der Waals surface area contributed by atoms with E-state index in [9.17, 15) is 9.18 Å². The maximum absolute atomic E-state index is 13.4. The number of aromatic nitrogens is 2. The Labute approximate surface area is 240 Å². The number of carboxylic acid groups (broad SMARTS) is 1. The Morgan fingerprint density at radius 2 is 1.54 bits per heavy atom. The van der Waals surface area contributed by atoms with Gasteiger partial charge in [-0.1, -0.05) is 36.4 Å². The van der Waals surface area contributed by atoms with Crippen LogP contribution in [0.1, 0.15) is 35.8 Å². The van der Waals surface area contributed by atoms with Crippen LogP contribution in [0, 0.1) is 5.82 Å². The molecule has 0 spiro atoms. The molecule has 3 aromatic carbocycles. The van der Waals surface area contributed by atoms with Crippen LogP contribution in [0.25, 0.3) is 11.0 Å². The molecular weight excluding hydrogens is 478 g/mol. The van der Waals surface area contributed by atoms with Crippen molar-refractivity contribution in [2.45, 2.75) is 25.8 Å². The van der Waals surface area contributed by atoms with Gasteiger partial charge in [0.2, 0.25) is 5.95 Å². The first-order valence-electron chi connectivity index (χ1n) is 12.6. The average molecular weight is 511 g/mol. The van der Waals surface area contributed by atoms with Crippen molar-refractivity contribution in [1.82, 2.24) is 14.5 Å². The standard InChI is InChI=1S/C29H31FN4O2.Na.H/c30-25-13-9-23(10-14-25)21-34-27-6-2-1-5-26(27)31-29(34)33-18-3-16-32(17-4-19-33)20-15-22-7-11-24(12-8-22)28(35)36;;/h1-2,5-14H,3-4,15-21H2,(H,35,36);;/q;+1;-1. The van der Waals surface area contributed by atoms with Crippen LogP contribution in [0.3, 0.4) is 0 Å². The van der Waals surface area contributed by atoms with E-state index in [4.69, 9.17) is 10.1 Å². The SMILES string of the molecule is O=C(O)c1ccc(CCN2CCCN(c3nc4ccccc4n3Cc3ccc(F)cc3)CCC2)cc1.[H-].[Na+]. The molecule has 0 amide bonds. The first kappa shape index (κ1) is 27.3. The summed E-state index contributed by atoms with van der Waals surface area (Å²) >= 11 is 0. The minimum Gasteiger partial charge on any atom is -1.00 e. The van der Waals surface area contributed by atoms with E-state index in [0.717, 1.165) is 80.1 Å². The first-order valence-corrected chi connectivity index (χ1v) is 12.6. The summed E-state index contributed by atoms with van der Waals surface area (Å²) in [7, 11) is 0. The zero-order valence-corrected chi connectivity index (χ0v) is 23.3. The van der Waals surface area contributed by atoms with E-state index >= 15 is 0 Å². The van der Waals surface area contributed by atoms with E-state index in [1.165, 1.54) is 12.1 Å². The molecule has 0 bridgehead atoms. The van der Waals surface area contributed by atoms with Crippen LogP contribution in [-0.2, 0) is 13.0 Å². The predicted molar refractivity (Wildman–Crippen MR) is 141 cm³/mol. The molecule has 1 aliphatic rings. The van der Waals surface area contributed by atoms with Crippen molar-refractivity contribution in [1.29, 1.82) is 0 Å². The summed E-state index contributed by atoms with van der Waals surface area (Å²) in [5.41, 5.74) is 4.62. The third kappa shape index (κ3) is 6.79. The fourth-order valence-electron chi connectivity index (χ4n) is 4.95. The van der Waals surface area contributed by atoms with Gasteiger partial charge in [-0.05, 0) is 79.9 Å². The van der Waals surface area contributed by atoms with Gasteiger partial charge in [-0.2, -0.15) is 0 Å². The monoisotopic (exact) mass is 510 g/mol. The zero-order valence-electron chi connectivity index (χ0n) is 22.3. The number of hydrogen-bond acceptors (Lipinski definition) is 4. The van der Waals surface area contributed by atoms with Crippen molar-refractivity contribution in [3.63, 3.8) is 0 Å². The number of anilines is 1. The second kappa shape index (κ2) is 12.7. The van der Waals surface area contributed by atoms with Crippen LogP contribution in [0.15, 0.2) is 72.8 Å². The molecule has 0 radical (unpaired) electrons. The summed E-state index contributed by atoms with van der Waals surface area (Å²) in [6, 6.07) is 22.1. The van der Waals surface area contributed by atoms with Crippen LogP contribution in [0.2, 0.25) is 0 Å². The number of carbonyl (C=O) groups is 1. The van der Waals surface area contributed by atoms with Crippen LogP contribution < -0.4 is 34.5 Å². The van der Waals surface area contributed by atoms with Gasteiger partial charge < -0.3 is 20.9 Å². The Hall–Kier alpha value is -2.71. The summed E-state index contributed by atoms with van der Waals surface area (Å²) < 4.78 is 15.7. The maximum atomic E-state index is 13.4. The van der Waals surface area contributed by atoms with E-state index < -0.39 is 5.97 Å². The zero-order chi connectivity index (χ0) is 24.9. The molecule has 1 saturated heterocycles. The molecule has 1 aromatic heterocycles. The molecule has 6 nitrogen and oxygen atoms in total. The van der Waals surface area contributed by atoms with Crippen LogP contribution in [0.4, 0.5) is 10.3 Å². The van der Waals surface area contributed by atoms with Crippen molar-refractivity contribution < 1.29 is 45.3 Å². The molecule has 1 aliphatic heterocycles. The van der Waals surface area contributed by atoms with Gasteiger partial charge in [0.15, 0.2) is 0 Å². The van der Waals surface area contributed by atoms with Crippen molar-refractivity contribution in [2.75, 3.05) is 37.6 Å². The summed E-state index contributed by atoms with van der Waals surface area (Å²) in [5, 5.41) is 9.08. The molecule has 1 fully saturated rings. The Balaban J connectivity index is 0.00000200. The molecule has 37 heavy (non-hydrogen) atoms. The van der Waals surface area contributed by atoms with Gasteiger partial charge in [-0.25, -0.2) is 14.2 Å². The summed E-state index contributed by atoms with van der Waals surface area (Å²) in [4.78, 5) is 21.0. The third-order valence-electron chi connectivity index (χ3n) is 6.89. The molecule has 5 rings (SSSR count). The van der Waals surface area contributed by atoms with Crippen molar-refractivity contribution >= 4 is 23.0 Å². The van der Waals surface area contributed by atoms with Crippen molar-refractivity contribution in [2.24, 2.45) is 0 Å². The minimum atomic E-state index is -0.888. The number of imidazole rings is 1. The molecule has 4 aromatic rings. The molecule has 2 heterocycles. The Bertz CT molecular complexity index is 1320. The summed E-state index contributed by atoms with van der Waals surface area (Å²) in [5.74, 6) is -0.131. The number of benzene rings is 3. The first-order chi connectivity index (χ1) is 17.6. The van der Waals surface area contributed by atoms with Crippen molar-refractivity contribution in [3.05, 3.63) is 95.3 Å². The summed E-state index contributed by atoms with van der Waals surface area (Å²) in [6.07, 6.45) is 2.99. The predicted octanol–water partition coefficient (Wildman–Crippen LogP) is 2.18. The largest absolute Gasteiger partial charge is 1.00 e. The van der Waals surface area contributed by atoms with E-state index in [0.29, 0.717) is 12.1 Å². The third-order valence-corrected chi connectivity index (χ3v) is 6.89. The molecule has 1 N–H and O–H groups in total. The van der Waals surface area contributed by atoms with Gasteiger partial charge >= 0.3 is 35.5 Å². The molecule has 188 valence electrons. The Kier molecular flexibility index (Phi) is 9.38. The molecule has 8 heteroatoms. The number of rotatable bonds is 7. The number of hydrogen-bond donors (Lipinski definition) is 1. The Morgan fingerprint density at radius 3 is 2.22 bits per heavy atom. The topological polar surface area (TPSA) is 61.6 Å². The second-order valence-electron chi connectivity index (χ2n) is 9.40. The fraction of sp³-hybridized carbons (Fsp3) is 0.310. The van der Waals surface area contributed by atoms with Crippen LogP contribution in [0.5, 0.6) is 0 Å². The molecular formula is C29H32FN4NaO2. The van der Waals surface area contributed by atoms with E-state index in [-0.39, 0.29) is 36.8 Å². The average Bonchev–Trinajstić information content (AvgIpc) is 3.23. The van der Waals surface area contributed by atoms with Crippen molar-refractivity contribution in [3.8, 4) is 0 Å². The molecule has 0 unspecified atom stereocenters. The van der Waals surface area contributed by atoms with Gasteiger partial charge in [-0.3, -0.25) is 0 Å². The van der Waals surface area contributed by atoms with Crippen LogP contribution >= 0.6 is 0 Å². The van der Waals surface area contributed by atoms with Gasteiger partial charge in [0.1, 0.15) is 5.82 Å². The quantitative estimate of drug-likeness (QED) is 0.387. The summed E-state index contributed by atoms with van der Waals surface area (Å²) in [6.45, 7) is 5.51. The number of carboxylic acids is 1. The van der Waals surface area contributed by atoms with E-state index in [1.807, 2.05) is 36.4 Å². The minimum absolute atomic E-state index is 0. The van der Waals surface area contributed by atoms with Gasteiger partial charge in [-0.15, -0.1) is 0 Å². The van der Waals surface area contributed by atoms with Gasteiger partial charge in [0.25, 0.3) is 0 Å². The number of aromatic carboxylic acids is 1. The normalized spacial score (nSPS) is 14.7. The second-order valence-corrected chi connectivity index (χ2v) is 9.40. The Morgan fingerprint density at radius 1 is 0.892 bits per heavy atom. The van der Waals surface area contributed by atoms with Crippen LogP contribution in [-0.4, -0.2) is 58.3 Å². The van der Waals surface area contributed by atoms with E-state index in [2.05, 4.69) is 26.5 Å². The van der Waals surface area contributed by atoms with E-state index in [1.54, 1.807) is 12.1 Å². The fourth-order valence-corrected chi connectivity index (χ4v) is 4.95. The maximum Gasteiger partial charge on any atom is 1.00 e.